The van der Waals surface area contributed by atoms with Crippen molar-refractivity contribution in [3.8, 4) is 0 Å². The minimum atomic E-state index is -0.321. The summed E-state index contributed by atoms with van der Waals surface area (Å²) in [7, 11) is 0. The summed E-state index contributed by atoms with van der Waals surface area (Å²) in [6, 6.07) is 1.89. The second-order valence-corrected chi connectivity index (χ2v) is 4.59. The highest BCUT2D eigenvalue weighted by Crippen LogP contribution is 2.23. The van der Waals surface area contributed by atoms with Crippen molar-refractivity contribution in [3.05, 3.63) is 17.3 Å². The number of hydrogen-bond acceptors (Lipinski definition) is 6. The number of amides is 1. The molecule has 0 radical (unpaired) electrons. The van der Waals surface area contributed by atoms with Gasteiger partial charge in [-0.15, -0.1) is 11.3 Å². The Bertz CT molecular complexity index is 583. The highest BCUT2D eigenvalue weighted by Gasteiger charge is 2.23. The number of aromatic nitrogens is 2. The third-order valence-electron chi connectivity index (χ3n) is 2.58. The summed E-state index contributed by atoms with van der Waals surface area (Å²) in [5, 5.41) is 2.78. The van der Waals surface area contributed by atoms with Gasteiger partial charge in [-0.05, 0) is 11.4 Å². The summed E-state index contributed by atoms with van der Waals surface area (Å²) in [6.45, 7) is 1.34. The van der Waals surface area contributed by atoms with Crippen LogP contribution in [0.1, 0.15) is 5.82 Å². The molecule has 0 aliphatic carbocycles. The van der Waals surface area contributed by atoms with E-state index in [0.29, 0.717) is 31.3 Å². The van der Waals surface area contributed by atoms with Crippen molar-refractivity contribution in [2.24, 2.45) is 0 Å². The molecule has 3 rings (SSSR count). The fraction of sp³-hybridized carbons (Fsp3) is 0.300. The quantitative estimate of drug-likeness (QED) is 0.866. The Morgan fingerprint density at radius 3 is 3.18 bits per heavy atom. The molecule has 2 aromatic rings. The first kappa shape index (κ1) is 10.3. The van der Waals surface area contributed by atoms with Gasteiger partial charge in [0.05, 0.1) is 18.5 Å². The van der Waals surface area contributed by atoms with Crippen LogP contribution in [0.2, 0.25) is 0 Å². The van der Waals surface area contributed by atoms with Gasteiger partial charge in [0.15, 0.2) is 5.82 Å². The largest absolute Gasteiger partial charge is 0.448 e. The molecule has 2 N–H and O–H groups in total. The smallest absolute Gasteiger partial charge is 0.410 e. The molecule has 2 aromatic heterocycles. The Morgan fingerprint density at radius 2 is 2.41 bits per heavy atom. The third kappa shape index (κ3) is 1.78. The summed E-state index contributed by atoms with van der Waals surface area (Å²) in [6.07, 6.45) is -0.321. The van der Waals surface area contributed by atoms with Gasteiger partial charge in [-0.1, -0.05) is 0 Å². The van der Waals surface area contributed by atoms with Crippen molar-refractivity contribution in [3.63, 3.8) is 0 Å². The summed E-state index contributed by atoms with van der Waals surface area (Å²) >= 11 is 1.51. The Balaban J connectivity index is 1.92. The van der Waals surface area contributed by atoms with Gasteiger partial charge in [-0.2, -0.15) is 0 Å². The van der Waals surface area contributed by atoms with Gasteiger partial charge < -0.3 is 10.5 Å². The average molecular weight is 250 g/mol. The van der Waals surface area contributed by atoms with Crippen LogP contribution < -0.4 is 5.73 Å². The third-order valence-corrected chi connectivity index (χ3v) is 3.38. The van der Waals surface area contributed by atoms with E-state index in [0.717, 1.165) is 10.2 Å². The fourth-order valence-electron chi connectivity index (χ4n) is 1.74. The summed E-state index contributed by atoms with van der Waals surface area (Å²) < 4.78 is 4.84. The van der Waals surface area contributed by atoms with Gasteiger partial charge in [0.25, 0.3) is 0 Å². The molecule has 0 aromatic carbocycles. The summed E-state index contributed by atoms with van der Waals surface area (Å²) in [4.78, 5) is 22.3. The molecule has 1 fully saturated rings. The summed E-state index contributed by atoms with van der Waals surface area (Å²) in [5.41, 5.74) is 5.83. The molecule has 6 nitrogen and oxygen atoms in total. The SMILES string of the molecule is Nc1nc(CN2CCOC2=O)nc2sccc12. The van der Waals surface area contributed by atoms with Crippen LogP contribution in [0.4, 0.5) is 10.6 Å². The molecular formula is C10H10N4O2S. The minimum absolute atomic E-state index is 0.321. The normalized spacial score (nSPS) is 15.5. The van der Waals surface area contributed by atoms with Crippen LogP contribution in [0.3, 0.4) is 0 Å². The summed E-state index contributed by atoms with van der Waals surface area (Å²) in [5.74, 6) is 1.01. The molecule has 1 saturated heterocycles. The van der Waals surface area contributed by atoms with Gasteiger partial charge >= 0.3 is 6.09 Å². The second-order valence-electron chi connectivity index (χ2n) is 3.70. The average Bonchev–Trinajstić information content (AvgIpc) is 2.89. The van der Waals surface area contributed by atoms with E-state index >= 15 is 0 Å². The van der Waals surface area contributed by atoms with Gasteiger partial charge in [0, 0.05) is 0 Å². The van der Waals surface area contributed by atoms with Crippen LogP contribution in [0.5, 0.6) is 0 Å². The Kier molecular flexibility index (Phi) is 2.32. The van der Waals surface area contributed by atoms with Crippen LogP contribution in [0, 0.1) is 0 Å². The molecule has 0 saturated carbocycles. The number of ether oxygens (including phenoxy) is 1. The van der Waals surface area contributed by atoms with Crippen molar-refractivity contribution in [1.29, 1.82) is 0 Å². The molecule has 17 heavy (non-hydrogen) atoms. The van der Waals surface area contributed by atoms with Crippen molar-refractivity contribution in [2.45, 2.75) is 6.54 Å². The molecule has 1 amide bonds. The predicted octanol–water partition coefficient (Wildman–Crippen LogP) is 1.23. The number of carbonyl (C=O) groups is 1. The fourth-order valence-corrected chi connectivity index (χ4v) is 2.53. The second kappa shape index (κ2) is 3.85. The lowest BCUT2D eigenvalue weighted by Crippen LogP contribution is -2.24. The number of anilines is 1. The molecule has 3 heterocycles. The maximum Gasteiger partial charge on any atom is 0.410 e. The maximum absolute atomic E-state index is 11.3. The van der Waals surface area contributed by atoms with E-state index in [-0.39, 0.29) is 6.09 Å². The van der Waals surface area contributed by atoms with Crippen LogP contribution in [0.15, 0.2) is 11.4 Å². The number of nitrogens with two attached hydrogens (primary N) is 1. The van der Waals surface area contributed by atoms with E-state index in [1.165, 1.54) is 11.3 Å². The van der Waals surface area contributed by atoms with E-state index in [1.54, 1.807) is 4.90 Å². The van der Waals surface area contributed by atoms with Gasteiger partial charge in [0.2, 0.25) is 0 Å². The number of hydrogen-bond donors (Lipinski definition) is 1. The number of fused-ring (bicyclic) bond motifs is 1. The molecule has 0 spiro atoms. The molecule has 7 heteroatoms. The zero-order valence-electron chi connectivity index (χ0n) is 8.92. The van der Waals surface area contributed by atoms with Crippen molar-refractivity contribution in [1.82, 2.24) is 14.9 Å². The van der Waals surface area contributed by atoms with Gasteiger partial charge in [-0.25, -0.2) is 14.8 Å². The number of nitrogen functional groups attached to an aromatic ring is 1. The molecular weight excluding hydrogens is 240 g/mol. The lowest BCUT2D eigenvalue weighted by atomic mass is 10.4. The van der Waals surface area contributed by atoms with E-state index in [2.05, 4.69) is 9.97 Å². The van der Waals surface area contributed by atoms with E-state index in [4.69, 9.17) is 10.5 Å². The Morgan fingerprint density at radius 1 is 1.53 bits per heavy atom. The van der Waals surface area contributed by atoms with Gasteiger partial charge in [-0.3, -0.25) is 4.90 Å². The van der Waals surface area contributed by atoms with E-state index in [9.17, 15) is 4.79 Å². The lowest BCUT2D eigenvalue weighted by molar-refractivity contribution is 0.156. The van der Waals surface area contributed by atoms with E-state index in [1.807, 2.05) is 11.4 Å². The lowest BCUT2D eigenvalue weighted by Gasteiger charge is -2.11. The Hall–Kier alpha value is -1.89. The zero-order valence-corrected chi connectivity index (χ0v) is 9.74. The monoisotopic (exact) mass is 250 g/mol. The number of cyclic esters (lactones) is 1. The van der Waals surface area contributed by atoms with E-state index < -0.39 is 0 Å². The van der Waals surface area contributed by atoms with Crippen molar-refractivity contribution in [2.75, 3.05) is 18.9 Å². The number of nitrogens with zero attached hydrogens (tertiary/aromatic N) is 3. The molecule has 1 aliphatic rings. The molecule has 0 bridgehead atoms. The minimum Gasteiger partial charge on any atom is -0.448 e. The van der Waals surface area contributed by atoms with Crippen LogP contribution in [-0.2, 0) is 11.3 Å². The Labute approximate surface area is 101 Å². The van der Waals surface area contributed by atoms with Crippen molar-refractivity contribution < 1.29 is 9.53 Å². The number of rotatable bonds is 2. The highest BCUT2D eigenvalue weighted by atomic mass is 32.1. The topological polar surface area (TPSA) is 81.3 Å². The van der Waals surface area contributed by atoms with Crippen LogP contribution in [0.25, 0.3) is 10.2 Å². The van der Waals surface area contributed by atoms with Gasteiger partial charge in [0.1, 0.15) is 17.3 Å². The number of thiophene rings is 1. The standard InChI is InChI=1S/C10H10N4O2S/c11-8-6-1-4-17-9(6)13-7(12-8)5-14-2-3-16-10(14)15/h1,4H,2-3,5H2,(H2,11,12,13). The first-order valence-corrected chi connectivity index (χ1v) is 6.03. The first-order chi connectivity index (χ1) is 8.24. The molecule has 1 aliphatic heterocycles. The number of carbonyl (C=O) groups excluding carboxylic acids is 1. The molecule has 0 unspecified atom stereocenters. The zero-order chi connectivity index (χ0) is 11.8. The first-order valence-electron chi connectivity index (χ1n) is 5.15. The van der Waals surface area contributed by atoms with Crippen LogP contribution >= 0.6 is 11.3 Å². The van der Waals surface area contributed by atoms with Crippen molar-refractivity contribution >= 4 is 33.5 Å². The molecule has 0 atom stereocenters. The molecule has 88 valence electrons. The van der Waals surface area contributed by atoms with Crippen LogP contribution in [-0.4, -0.2) is 34.1 Å². The predicted molar refractivity (Wildman–Crippen MR) is 63.6 cm³/mol. The highest BCUT2D eigenvalue weighted by molar-refractivity contribution is 7.16. The maximum atomic E-state index is 11.3.